The molecule has 0 radical (unpaired) electrons. The van der Waals surface area contributed by atoms with Gasteiger partial charge in [-0.3, -0.25) is 15.6 Å². The lowest BCUT2D eigenvalue weighted by Gasteiger charge is -2.07. The third-order valence-electron chi connectivity index (χ3n) is 1.45. The van der Waals surface area contributed by atoms with Crippen LogP contribution in [0.25, 0.3) is 0 Å². The zero-order chi connectivity index (χ0) is 9.68. The van der Waals surface area contributed by atoms with Gasteiger partial charge in [0.25, 0.3) is 0 Å². The van der Waals surface area contributed by atoms with Crippen molar-refractivity contribution < 1.29 is 9.53 Å². The lowest BCUT2D eigenvalue weighted by atomic mass is 10.3. The van der Waals surface area contributed by atoms with Crippen LogP contribution in [0, 0.1) is 0 Å². The van der Waals surface area contributed by atoms with E-state index in [1.165, 1.54) is 6.92 Å². The quantitative estimate of drug-likeness (QED) is 0.686. The molecule has 13 heavy (non-hydrogen) atoms. The summed E-state index contributed by atoms with van der Waals surface area (Å²) in [7, 11) is 1.59. The number of benzene rings is 1. The van der Waals surface area contributed by atoms with Crippen molar-refractivity contribution in [2.75, 3.05) is 12.5 Å². The Morgan fingerprint density at radius 3 is 2.85 bits per heavy atom. The molecule has 0 aliphatic carbocycles. The second-order valence-electron chi connectivity index (χ2n) is 2.54. The molecule has 0 fully saturated rings. The molecule has 0 saturated heterocycles. The van der Waals surface area contributed by atoms with Crippen molar-refractivity contribution in [3.8, 4) is 5.75 Å². The fourth-order valence-corrected chi connectivity index (χ4v) is 0.861. The molecule has 4 nitrogen and oxygen atoms in total. The van der Waals surface area contributed by atoms with Crippen LogP contribution in [0.15, 0.2) is 24.3 Å². The molecule has 0 atom stereocenters. The van der Waals surface area contributed by atoms with Crippen molar-refractivity contribution in [2.45, 2.75) is 6.92 Å². The molecule has 4 heteroatoms. The number of amides is 1. The molecule has 0 unspecified atom stereocenters. The van der Waals surface area contributed by atoms with E-state index in [-0.39, 0.29) is 5.91 Å². The number of rotatable bonds is 3. The number of nitrogens with one attached hydrogen (secondary N) is 2. The van der Waals surface area contributed by atoms with Crippen molar-refractivity contribution in [1.82, 2.24) is 5.43 Å². The number of hydrogen-bond donors (Lipinski definition) is 2. The lowest BCUT2D eigenvalue weighted by molar-refractivity contribution is -0.118. The molecule has 0 heterocycles. The van der Waals surface area contributed by atoms with Gasteiger partial charge in [0.05, 0.1) is 12.8 Å². The van der Waals surface area contributed by atoms with Crippen LogP contribution < -0.4 is 15.6 Å². The summed E-state index contributed by atoms with van der Waals surface area (Å²) >= 11 is 0. The first-order chi connectivity index (χ1) is 6.22. The van der Waals surface area contributed by atoms with Crippen LogP contribution in [0.4, 0.5) is 5.69 Å². The summed E-state index contributed by atoms with van der Waals surface area (Å²) in [6.07, 6.45) is 0. The molecule has 0 spiro atoms. The minimum Gasteiger partial charge on any atom is -0.497 e. The predicted octanol–water partition coefficient (Wildman–Crippen LogP) is 1.16. The molecule has 1 aromatic carbocycles. The highest BCUT2D eigenvalue weighted by Crippen LogP contribution is 2.15. The van der Waals surface area contributed by atoms with Gasteiger partial charge in [0.15, 0.2) is 0 Å². The Bertz CT molecular complexity index is 299. The minimum absolute atomic E-state index is 0.136. The first kappa shape index (κ1) is 9.38. The molecular formula is C9H12N2O2. The van der Waals surface area contributed by atoms with E-state index in [1.807, 2.05) is 18.2 Å². The normalized spacial score (nSPS) is 9.08. The molecule has 0 aromatic heterocycles. The zero-order valence-corrected chi connectivity index (χ0v) is 7.63. The van der Waals surface area contributed by atoms with Crippen LogP contribution in [-0.2, 0) is 4.79 Å². The van der Waals surface area contributed by atoms with Crippen LogP contribution in [0.5, 0.6) is 5.75 Å². The summed E-state index contributed by atoms with van der Waals surface area (Å²) in [6.45, 7) is 1.44. The number of hydrogen-bond acceptors (Lipinski definition) is 3. The maximum Gasteiger partial charge on any atom is 0.235 e. The van der Waals surface area contributed by atoms with Gasteiger partial charge < -0.3 is 4.74 Å². The van der Waals surface area contributed by atoms with Crippen LogP contribution in [0.3, 0.4) is 0 Å². The smallest absolute Gasteiger partial charge is 0.235 e. The van der Waals surface area contributed by atoms with E-state index in [9.17, 15) is 4.79 Å². The van der Waals surface area contributed by atoms with Crippen LogP contribution in [-0.4, -0.2) is 13.0 Å². The minimum atomic E-state index is -0.136. The number of methoxy groups -OCH3 is 1. The first-order valence-corrected chi connectivity index (χ1v) is 3.89. The fourth-order valence-electron chi connectivity index (χ4n) is 0.861. The average Bonchev–Trinajstić information content (AvgIpc) is 2.15. The van der Waals surface area contributed by atoms with Gasteiger partial charge in [-0.15, -0.1) is 0 Å². The van der Waals surface area contributed by atoms with E-state index in [2.05, 4.69) is 10.9 Å². The Morgan fingerprint density at radius 1 is 1.46 bits per heavy atom. The van der Waals surface area contributed by atoms with Gasteiger partial charge in [-0.25, -0.2) is 0 Å². The number of anilines is 1. The third-order valence-corrected chi connectivity index (χ3v) is 1.45. The number of ether oxygens (including phenoxy) is 1. The van der Waals surface area contributed by atoms with Gasteiger partial charge in [0, 0.05) is 13.0 Å². The summed E-state index contributed by atoms with van der Waals surface area (Å²) in [6, 6.07) is 7.29. The van der Waals surface area contributed by atoms with Crippen LogP contribution in [0.1, 0.15) is 6.92 Å². The lowest BCUT2D eigenvalue weighted by Crippen LogP contribution is -2.26. The molecule has 0 saturated carbocycles. The first-order valence-electron chi connectivity index (χ1n) is 3.89. The van der Waals surface area contributed by atoms with E-state index >= 15 is 0 Å². The van der Waals surface area contributed by atoms with Crippen LogP contribution >= 0.6 is 0 Å². The molecule has 70 valence electrons. The highest BCUT2D eigenvalue weighted by Gasteiger charge is 1.94. The second kappa shape index (κ2) is 4.35. The monoisotopic (exact) mass is 180 g/mol. The van der Waals surface area contributed by atoms with E-state index in [0.717, 1.165) is 11.4 Å². The summed E-state index contributed by atoms with van der Waals surface area (Å²) in [5.41, 5.74) is 5.99. The summed E-state index contributed by atoms with van der Waals surface area (Å²) in [5.74, 6) is 0.609. The Morgan fingerprint density at radius 2 is 2.23 bits per heavy atom. The number of carbonyl (C=O) groups excluding carboxylic acids is 1. The van der Waals surface area contributed by atoms with Gasteiger partial charge in [-0.05, 0) is 12.1 Å². The third kappa shape index (κ3) is 3.02. The van der Waals surface area contributed by atoms with Crippen LogP contribution in [0.2, 0.25) is 0 Å². The molecule has 1 rings (SSSR count). The van der Waals surface area contributed by atoms with E-state index in [1.54, 1.807) is 13.2 Å². The predicted molar refractivity (Wildman–Crippen MR) is 50.4 cm³/mol. The van der Waals surface area contributed by atoms with E-state index in [4.69, 9.17) is 4.74 Å². The molecule has 0 aliphatic heterocycles. The van der Waals surface area contributed by atoms with Crippen molar-refractivity contribution in [2.24, 2.45) is 0 Å². The van der Waals surface area contributed by atoms with E-state index in [0.29, 0.717) is 0 Å². The zero-order valence-electron chi connectivity index (χ0n) is 7.63. The summed E-state index contributed by atoms with van der Waals surface area (Å²) < 4.78 is 5.01. The molecule has 0 bridgehead atoms. The highest BCUT2D eigenvalue weighted by molar-refractivity contribution is 5.74. The van der Waals surface area contributed by atoms with E-state index < -0.39 is 0 Å². The maximum absolute atomic E-state index is 10.6. The number of hydrazine groups is 1. The molecule has 1 amide bonds. The molecule has 1 aromatic rings. The van der Waals surface area contributed by atoms with Crippen molar-refractivity contribution in [3.63, 3.8) is 0 Å². The Hall–Kier alpha value is -1.71. The van der Waals surface area contributed by atoms with Crippen molar-refractivity contribution in [1.29, 1.82) is 0 Å². The topological polar surface area (TPSA) is 50.4 Å². The Labute approximate surface area is 76.9 Å². The second-order valence-corrected chi connectivity index (χ2v) is 2.54. The van der Waals surface area contributed by atoms with Gasteiger partial charge in [-0.1, -0.05) is 6.07 Å². The molecule has 0 aliphatic rings. The number of carbonyl (C=O) groups is 1. The molecular weight excluding hydrogens is 168 g/mol. The Balaban J connectivity index is 2.61. The Kier molecular flexibility index (Phi) is 3.14. The maximum atomic E-state index is 10.6. The molecule has 2 N–H and O–H groups in total. The van der Waals surface area contributed by atoms with Gasteiger partial charge in [0.1, 0.15) is 5.75 Å². The highest BCUT2D eigenvalue weighted by atomic mass is 16.5. The van der Waals surface area contributed by atoms with Gasteiger partial charge >= 0.3 is 0 Å². The van der Waals surface area contributed by atoms with Crippen molar-refractivity contribution >= 4 is 11.6 Å². The summed E-state index contributed by atoms with van der Waals surface area (Å²) in [4.78, 5) is 10.6. The SMILES string of the molecule is COc1cccc(NNC(C)=O)c1. The summed E-state index contributed by atoms with van der Waals surface area (Å²) in [5, 5.41) is 0. The fraction of sp³-hybridized carbons (Fsp3) is 0.222. The largest absolute Gasteiger partial charge is 0.497 e. The van der Waals surface area contributed by atoms with Crippen molar-refractivity contribution in [3.05, 3.63) is 24.3 Å². The van der Waals surface area contributed by atoms with Gasteiger partial charge in [0.2, 0.25) is 5.91 Å². The standard InChI is InChI=1S/C9H12N2O2/c1-7(12)10-11-8-4-3-5-9(6-8)13-2/h3-6,11H,1-2H3,(H,10,12). The van der Waals surface area contributed by atoms with Gasteiger partial charge in [-0.2, -0.15) is 0 Å². The average molecular weight is 180 g/mol.